The maximum absolute atomic E-state index is 9.57. The zero-order chi connectivity index (χ0) is 13.0. The molecule has 1 aromatic heterocycles. The van der Waals surface area contributed by atoms with E-state index in [2.05, 4.69) is 29.4 Å². The molecule has 0 aliphatic rings. The van der Waals surface area contributed by atoms with Crippen LogP contribution in [0.4, 0.5) is 5.69 Å². The van der Waals surface area contributed by atoms with Gasteiger partial charge in [0.1, 0.15) is 0 Å². The lowest BCUT2D eigenvalue weighted by Crippen LogP contribution is -2.32. The van der Waals surface area contributed by atoms with E-state index in [0.717, 1.165) is 36.0 Å². The highest BCUT2D eigenvalue weighted by Gasteiger charge is 2.25. The van der Waals surface area contributed by atoms with E-state index in [1.807, 2.05) is 24.4 Å². The molecule has 0 aliphatic carbocycles. The Balaban J connectivity index is 2.17. The number of rotatable bonds is 6. The van der Waals surface area contributed by atoms with Crippen molar-refractivity contribution in [1.82, 2.24) is 10.2 Å². The quantitative estimate of drug-likeness (QED) is 0.735. The smallest absolute Gasteiger partial charge is 0.0881 e. The first kappa shape index (κ1) is 12.9. The van der Waals surface area contributed by atoms with E-state index in [9.17, 15) is 5.11 Å². The highest BCUT2D eigenvalue weighted by molar-refractivity contribution is 5.89. The van der Waals surface area contributed by atoms with Gasteiger partial charge < -0.3 is 10.4 Å². The van der Waals surface area contributed by atoms with E-state index in [1.165, 1.54) is 0 Å². The summed E-state index contributed by atoms with van der Waals surface area (Å²) >= 11 is 0. The molecule has 3 N–H and O–H groups in total. The van der Waals surface area contributed by atoms with Crippen molar-refractivity contribution < 1.29 is 5.11 Å². The average Bonchev–Trinajstić information content (AvgIpc) is 2.90. The number of H-pyrrole nitrogens is 1. The number of fused-ring (bicyclic) bond motifs is 1. The number of anilines is 1. The first-order valence-corrected chi connectivity index (χ1v) is 6.51. The van der Waals surface area contributed by atoms with Gasteiger partial charge in [0.05, 0.1) is 24.0 Å². The van der Waals surface area contributed by atoms with Gasteiger partial charge >= 0.3 is 0 Å². The van der Waals surface area contributed by atoms with E-state index in [4.69, 9.17) is 0 Å². The summed E-state index contributed by atoms with van der Waals surface area (Å²) in [7, 11) is 0. The van der Waals surface area contributed by atoms with Gasteiger partial charge in [0.25, 0.3) is 0 Å². The van der Waals surface area contributed by atoms with Crippen LogP contribution in [-0.2, 0) is 0 Å². The fraction of sp³-hybridized carbons (Fsp3) is 0.500. The molecule has 2 rings (SSSR count). The summed E-state index contributed by atoms with van der Waals surface area (Å²) in [5.41, 5.74) is 2.03. The van der Waals surface area contributed by atoms with Crippen molar-refractivity contribution in [3.8, 4) is 0 Å². The first-order valence-electron chi connectivity index (χ1n) is 6.51. The molecule has 0 atom stereocenters. The number of benzene rings is 1. The number of aromatic amines is 1. The Morgan fingerprint density at radius 1 is 1.33 bits per heavy atom. The molecule has 98 valence electrons. The Morgan fingerprint density at radius 3 is 2.78 bits per heavy atom. The zero-order valence-electron chi connectivity index (χ0n) is 11.0. The van der Waals surface area contributed by atoms with Crippen LogP contribution < -0.4 is 5.32 Å². The van der Waals surface area contributed by atoms with Crippen LogP contribution in [0.25, 0.3) is 10.9 Å². The number of aliphatic hydroxyl groups is 1. The maximum Gasteiger partial charge on any atom is 0.0881 e. The minimum absolute atomic E-state index is 0.0395. The van der Waals surface area contributed by atoms with Crippen LogP contribution in [-0.4, -0.2) is 28.5 Å². The van der Waals surface area contributed by atoms with Gasteiger partial charge in [-0.3, -0.25) is 5.10 Å². The summed E-state index contributed by atoms with van der Waals surface area (Å²) in [5, 5.41) is 21.2. The highest BCUT2D eigenvalue weighted by atomic mass is 16.3. The van der Waals surface area contributed by atoms with Crippen LogP contribution in [0.5, 0.6) is 0 Å². The molecule has 0 radical (unpaired) electrons. The van der Waals surface area contributed by atoms with E-state index in [1.54, 1.807) is 0 Å². The van der Waals surface area contributed by atoms with E-state index in [0.29, 0.717) is 0 Å². The Morgan fingerprint density at radius 2 is 2.11 bits per heavy atom. The molecule has 0 fully saturated rings. The maximum atomic E-state index is 9.57. The second kappa shape index (κ2) is 5.40. The lowest BCUT2D eigenvalue weighted by atomic mass is 9.83. The number of aliphatic hydroxyl groups excluding tert-OH is 1. The fourth-order valence-electron chi connectivity index (χ4n) is 2.18. The van der Waals surface area contributed by atoms with Crippen molar-refractivity contribution in [2.45, 2.75) is 26.7 Å². The molecule has 4 nitrogen and oxygen atoms in total. The molecule has 4 heteroatoms. The minimum Gasteiger partial charge on any atom is -0.396 e. The Kier molecular flexibility index (Phi) is 3.87. The second-order valence-corrected chi connectivity index (χ2v) is 4.86. The summed E-state index contributed by atoms with van der Waals surface area (Å²) in [6, 6.07) is 6.08. The van der Waals surface area contributed by atoms with Gasteiger partial charge in [-0.25, -0.2) is 0 Å². The van der Waals surface area contributed by atoms with Gasteiger partial charge in [0.15, 0.2) is 0 Å². The molecule has 1 heterocycles. The molecule has 0 unspecified atom stereocenters. The molecule has 0 aliphatic heterocycles. The van der Waals surface area contributed by atoms with Gasteiger partial charge in [-0.2, -0.15) is 5.10 Å². The van der Waals surface area contributed by atoms with Gasteiger partial charge in [-0.05, 0) is 18.9 Å². The zero-order valence-corrected chi connectivity index (χ0v) is 11.0. The third-order valence-electron chi connectivity index (χ3n) is 3.97. The van der Waals surface area contributed by atoms with Gasteiger partial charge in [-0.1, -0.05) is 26.0 Å². The monoisotopic (exact) mass is 247 g/mol. The van der Waals surface area contributed by atoms with Crippen molar-refractivity contribution in [2.75, 3.05) is 18.5 Å². The minimum atomic E-state index is -0.0395. The van der Waals surface area contributed by atoms with E-state index >= 15 is 0 Å². The number of aromatic nitrogens is 2. The molecule has 18 heavy (non-hydrogen) atoms. The Bertz CT molecular complexity index is 494. The topological polar surface area (TPSA) is 60.9 Å². The van der Waals surface area contributed by atoms with Gasteiger partial charge in [-0.15, -0.1) is 0 Å². The largest absolute Gasteiger partial charge is 0.396 e. The molecule has 0 spiro atoms. The third kappa shape index (κ3) is 2.34. The Hall–Kier alpha value is -1.55. The summed E-state index contributed by atoms with van der Waals surface area (Å²) in [6.45, 7) is 5.23. The number of hydrogen-bond acceptors (Lipinski definition) is 3. The molecule has 1 aromatic carbocycles. The normalized spacial score (nSPS) is 11.9. The van der Waals surface area contributed by atoms with Crippen LogP contribution in [0.3, 0.4) is 0 Å². The number of nitrogens with one attached hydrogen (secondary N) is 2. The summed E-state index contributed by atoms with van der Waals surface area (Å²) in [6.07, 6.45) is 3.75. The molecule has 2 aromatic rings. The van der Waals surface area contributed by atoms with Crippen molar-refractivity contribution in [3.63, 3.8) is 0 Å². The number of para-hydroxylation sites is 1. The summed E-state index contributed by atoms with van der Waals surface area (Å²) in [5.74, 6) is 0. The standard InChI is InChI=1S/C14H21N3O/c1-3-14(4-2,10-18)9-15-12-7-5-6-11-8-16-17-13(11)12/h5-8,15,18H,3-4,9-10H2,1-2H3,(H,16,17). The van der Waals surface area contributed by atoms with Crippen LogP contribution in [0.2, 0.25) is 0 Å². The van der Waals surface area contributed by atoms with Crippen molar-refractivity contribution in [2.24, 2.45) is 5.41 Å². The Labute approximate surface area is 107 Å². The van der Waals surface area contributed by atoms with Crippen molar-refractivity contribution in [3.05, 3.63) is 24.4 Å². The molecular formula is C14H21N3O. The lowest BCUT2D eigenvalue weighted by molar-refractivity contribution is 0.127. The van der Waals surface area contributed by atoms with Crippen LogP contribution >= 0.6 is 0 Å². The number of nitrogens with zero attached hydrogens (tertiary/aromatic N) is 1. The summed E-state index contributed by atoms with van der Waals surface area (Å²) < 4.78 is 0. The van der Waals surface area contributed by atoms with Crippen LogP contribution in [0.15, 0.2) is 24.4 Å². The fourth-order valence-corrected chi connectivity index (χ4v) is 2.18. The second-order valence-electron chi connectivity index (χ2n) is 4.86. The van der Waals surface area contributed by atoms with Crippen LogP contribution in [0, 0.1) is 5.41 Å². The van der Waals surface area contributed by atoms with E-state index in [-0.39, 0.29) is 12.0 Å². The molecule has 0 amide bonds. The molecule has 0 saturated carbocycles. The van der Waals surface area contributed by atoms with Crippen LogP contribution in [0.1, 0.15) is 26.7 Å². The molecular weight excluding hydrogens is 226 g/mol. The summed E-state index contributed by atoms with van der Waals surface area (Å²) in [4.78, 5) is 0. The first-order chi connectivity index (χ1) is 8.74. The SMILES string of the molecule is CCC(CC)(CO)CNc1cccc2cn[nH]c12. The third-order valence-corrected chi connectivity index (χ3v) is 3.97. The van der Waals surface area contributed by atoms with Crippen molar-refractivity contribution in [1.29, 1.82) is 0 Å². The lowest BCUT2D eigenvalue weighted by Gasteiger charge is -2.30. The predicted molar refractivity (Wildman–Crippen MR) is 74.7 cm³/mol. The average molecular weight is 247 g/mol. The predicted octanol–water partition coefficient (Wildman–Crippen LogP) is 2.77. The molecule has 0 bridgehead atoms. The molecule has 0 saturated heterocycles. The van der Waals surface area contributed by atoms with Gasteiger partial charge in [0, 0.05) is 17.3 Å². The van der Waals surface area contributed by atoms with Gasteiger partial charge in [0.2, 0.25) is 0 Å². The van der Waals surface area contributed by atoms with Crippen molar-refractivity contribution >= 4 is 16.6 Å². The highest BCUT2D eigenvalue weighted by Crippen LogP contribution is 2.28. The van der Waals surface area contributed by atoms with E-state index < -0.39 is 0 Å². The number of hydrogen-bond donors (Lipinski definition) is 3.